The number of anilines is 1. The van der Waals surface area contributed by atoms with Crippen molar-refractivity contribution in [2.24, 2.45) is 0 Å². The largest absolute Gasteiger partial charge is 0.359 e. The zero-order valence-corrected chi connectivity index (χ0v) is 11.2. The van der Waals surface area contributed by atoms with Crippen LogP contribution in [0.1, 0.15) is 16.1 Å². The minimum atomic E-state index is -0.884. The Hall–Kier alpha value is -2.69. The normalized spacial score (nSPS) is 10.8. The second-order valence-electron chi connectivity index (χ2n) is 4.80. The van der Waals surface area contributed by atoms with Crippen LogP contribution in [0.5, 0.6) is 0 Å². The van der Waals surface area contributed by atoms with E-state index in [0.717, 1.165) is 28.7 Å². The summed E-state index contributed by atoms with van der Waals surface area (Å²) in [5.74, 6) is -2.21. The second kappa shape index (κ2) is 5.01. The molecular weight excluding hydrogens is 274 g/mol. The summed E-state index contributed by atoms with van der Waals surface area (Å²) >= 11 is 0. The van der Waals surface area contributed by atoms with Gasteiger partial charge in [-0.1, -0.05) is 6.07 Å². The predicted molar refractivity (Wildman–Crippen MR) is 77.3 cm³/mol. The Bertz CT molecular complexity index is 839. The van der Waals surface area contributed by atoms with Crippen molar-refractivity contribution in [2.45, 2.75) is 6.92 Å². The van der Waals surface area contributed by atoms with E-state index in [0.29, 0.717) is 11.8 Å². The molecule has 3 rings (SSSR count). The average molecular weight is 286 g/mol. The van der Waals surface area contributed by atoms with Gasteiger partial charge in [-0.15, -0.1) is 0 Å². The van der Waals surface area contributed by atoms with Gasteiger partial charge in [0.15, 0.2) is 0 Å². The summed E-state index contributed by atoms with van der Waals surface area (Å²) in [5.41, 5.74) is 2.22. The number of benzene rings is 2. The van der Waals surface area contributed by atoms with Crippen LogP contribution in [0, 0.1) is 18.6 Å². The van der Waals surface area contributed by atoms with Gasteiger partial charge in [-0.3, -0.25) is 4.79 Å². The number of carbonyl (C=O) groups is 1. The molecule has 1 aromatic heterocycles. The maximum atomic E-state index is 13.6. The standard InChI is InChI=1S/C16H12F2N2O/c1-9-7-12-14(19-9)3-2-4-15(12)20-16(21)11-6-5-10(17)8-13(11)18/h2-8,19H,1H3,(H,20,21). The third kappa shape index (κ3) is 2.50. The molecule has 1 heterocycles. The smallest absolute Gasteiger partial charge is 0.258 e. The number of fused-ring (bicyclic) bond motifs is 1. The molecule has 0 spiro atoms. The zero-order chi connectivity index (χ0) is 15.0. The number of H-pyrrole nitrogens is 1. The van der Waals surface area contributed by atoms with E-state index in [4.69, 9.17) is 0 Å². The maximum absolute atomic E-state index is 13.6. The summed E-state index contributed by atoms with van der Waals surface area (Å²) in [6.07, 6.45) is 0. The molecule has 0 aliphatic rings. The van der Waals surface area contributed by atoms with Crippen LogP contribution in [0.15, 0.2) is 42.5 Å². The molecule has 2 aromatic carbocycles. The SMILES string of the molecule is Cc1cc2c(NC(=O)c3ccc(F)cc3F)cccc2[nH]1. The van der Waals surface area contributed by atoms with E-state index in [1.165, 1.54) is 0 Å². The van der Waals surface area contributed by atoms with Gasteiger partial charge in [0.1, 0.15) is 11.6 Å². The predicted octanol–water partition coefficient (Wildman–Crippen LogP) is 4.01. The number of aromatic amines is 1. The molecule has 2 N–H and O–H groups in total. The first-order chi connectivity index (χ1) is 10.0. The van der Waals surface area contributed by atoms with E-state index in [-0.39, 0.29) is 5.56 Å². The molecule has 0 bridgehead atoms. The van der Waals surface area contributed by atoms with E-state index < -0.39 is 17.5 Å². The summed E-state index contributed by atoms with van der Waals surface area (Å²) in [4.78, 5) is 15.3. The van der Waals surface area contributed by atoms with Gasteiger partial charge in [-0.25, -0.2) is 8.78 Å². The molecule has 0 atom stereocenters. The highest BCUT2D eigenvalue weighted by atomic mass is 19.1. The molecule has 0 unspecified atom stereocenters. The van der Waals surface area contributed by atoms with Crippen molar-refractivity contribution in [3.05, 3.63) is 65.4 Å². The van der Waals surface area contributed by atoms with Crippen LogP contribution in [-0.2, 0) is 0 Å². The van der Waals surface area contributed by atoms with Crippen molar-refractivity contribution >= 4 is 22.5 Å². The number of aromatic nitrogens is 1. The first-order valence-electron chi connectivity index (χ1n) is 6.39. The van der Waals surface area contributed by atoms with Crippen molar-refractivity contribution < 1.29 is 13.6 Å². The van der Waals surface area contributed by atoms with Crippen molar-refractivity contribution in [1.82, 2.24) is 4.98 Å². The van der Waals surface area contributed by atoms with Gasteiger partial charge in [-0.2, -0.15) is 0 Å². The molecule has 0 saturated heterocycles. The molecular formula is C16H12F2N2O. The number of hydrogen-bond acceptors (Lipinski definition) is 1. The highest BCUT2D eigenvalue weighted by molar-refractivity contribution is 6.09. The van der Waals surface area contributed by atoms with Crippen molar-refractivity contribution in [3.8, 4) is 0 Å². The lowest BCUT2D eigenvalue weighted by atomic mass is 10.1. The van der Waals surface area contributed by atoms with Crippen molar-refractivity contribution in [2.75, 3.05) is 5.32 Å². The van der Waals surface area contributed by atoms with Gasteiger partial charge in [-0.05, 0) is 37.3 Å². The lowest BCUT2D eigenvalue weighted by Crippen LogP contribution is -2.14. The Labute approximate surface area is 119 Å². The number of carbonyl (C=O) groups excluding carboxylic acids is 1. The fraction of sp³-hybridized carbons (Fsp3) is 0.0625. The quantitative estimate of drug-likeness (QED) is 0.734. The number of nitrogens with one attached hydrogen (secondary N) is 2. The van der Waals surface area contributed by atoms with E-state index in [1.807, 2.05) is 19.1 Å². The Kier molecular flexibility index (Phi) is 3.17. The lowest BCUT2D eigenvalue weighted by molar-refractivity contribution is 0.102. The highest BCUT2D eigenvalue weighted by Crippen LogP contribution is 2.24. The second-order valence-corrected chi connectivity index (χ2v) is 4.80. The molecule has 0 aliphatic carbocycles. The fourth-order valence-corrected chi connectivity index (χ4v) is 2.27. The topological polar surface area (TPSA) is 44.9 Å². The Morgan fingerprint density at radius 2 is 1.95 bits per heavy atom. The monoisotopic (exact) mass is 286 g/mol. The number of hydrogen-bond donors (Lipinski definition) is 2. The van der Waals surface area contributed by atoms with Crippen LogP contribution >= 0.6 is 0 Å². The molecule has 21 heavy (non-hydrogen) atoms. The number of aryl methyl sites for hydroxylation is 1. The summed E-state index contributed by atoms with van der Waals surface area (Å²) in [6.45, 7) is 1.91. The summed E-state index contributed by atoms with van der Waals surface area (Å²) in [5, 5.41) is 3.49. The zero-order valence-electron chi connectivity index (χ0n) is 11.2. The van der Waals surface area contributed by atoms with Crippen molar-refractivity contribution in [1.29, 1.82) is 0 Å². The first-order valence-corrected chi connectivity index (χ1v) is 6.39. The van der Waals surface area contributed by atoms with Gasteiger partial charge < -0.3 is 10.3 Å². The van der Waals surface area contributed by atoms with Gasteiger partial charge in [0.25, 0.3) is 5.91 Å². The van der Waals surface area contributed by atoms with Crippen LogP contribution in [0.3, 0.4) is 0 Å². The molecule has 1 amide bonds. The summed E-state index contributed by atoms with van der Waals surface area (Å²) in [7, 11) is 0. The minimum Gasteiger partial charge on any atom is -0.359 e. The van der Waals surface area contributed by atoms with Gasteiger partial charge in [0.05, 0.1) is 11.3 Å². The number of halogens is 2. The van der Waals surface area contributed by atoms with Crippen LogP contribution in [0.4, 0.5) is 14.5 Å². The number of rotatable bonds is 2. The number of amides is 1. The molecule has 0 fully saturated rings. The van der Waals surface area contributed by atoms with E-state index in [1.54, 1.807) is 12.1 Å². The molecule has 0 saturated carbocycles. The summed E-state index contributed by atoms with van der Waals surface area (Å²) < 4.78 is 26.5. The minimum absolute atomic E-state index is 0.194. The average Bonchev–Trinajstić information content (AvgIpc) is 2.80. The first kappa shape index (κ1) is 13.3. The summed E-state index contributed by atoms with van der Waals surface area (Å²) in [6, 6.07) is 10.2. The van der Waals surface area contributed by atoms with E-state index in [9.17, 15) is 13.6 Å². The van der Waals surface area contributed by atoms with Crippen LogP contribution in [0.2, 0.25) is 0 Å². The molecule has 0 radical (unpaired) electrons. The van der Waals surface area contributed by atoms with Gasteiger partial charge in [0.2, 0.25) is 0 Å². The van der Waals surface area contributed by atoms with Gasteiger partial charge in [0, 0.05) is 22.7 Å². The van der Waals surface area contributed by atoms with E-state index in [2.05, 4.69) is 10.3 Å². The molecule has 3 nitrogen and oxygen atoms in total. The Morgan fingerprint density at radius 3 is 2.71 bits per heavy atom. The van der Waals surface area contributed by atoms with Crippen molar-refractivity contribution in [3.63, 3.8) is 0 Å². The Morgan fingerprint density at radius 1 is 1.14 bits per heavy atom. The van der Waals surface area contributed by atoms with Crippen LogP contribution < -0.4 is 5.32 Å². The fourth-order valence-electron chi connectivity index (χ4n) is 2.27. The third-order valence-corrected chi connectivity index (χ3v) is 3.22. The third-order valence-electron chi connectivity index (χ3n) is 3.22. The van der Waals surface area contributed by atoms with Gasteiger partial charge >= 0.3 is 0 Å². The Balaban J connectivity index is 1.96. The maximum Gasteiger partial charge on any atom is 0.258 e. The molecule has 5 heteroatoms. The molecule has 106 valence electrons. The molecule has 0 aliphatic heterocycles. The lowest BCUT2D eigenvalue weighted by Gasteiger charge is -2.07. The van der Waals surface area contributed by atoms with E-state index >= 15 is 0 Å². The van der Waals surface area contributed by atoms with Crippen LogP contribution in [0.25, 0.3) is 10.9 Å². The molecule has 3 aromatic rings. The van der Waals surface area contributed by atoms with Crippen LogP contribution in [-0.4, -0.2) is 10.9 Å². The highest BCUT2D eigenvalue weighted by Gasteiger charge is 2.14.